The van der Waals surface area contributed by atoms with Gasteiger partial charge in [-0.3, -0.25) is 19.1 Å². The molecule has 0 spiro atoms. The lowest BCUT2D eigenvalue weighted by molar-refractivity contribution is -0.134. The summed E-state index contributed by atoms with van der Waals surface area (Å²) in [5.41, 5.74) is 3.12. The third-order valence-corrected chi connectivity index (χ3v) is 5.28. The Morgan fingerprint density at radius 3 is 2.93 bits per heavy atom. The zero-order valence-electron chi connectivity index (χ0n) is 15.5. The van der Waals surface area contributed by atoms with Gasteiger partial charge in [-0.2, -0.15) is 0 Å². The lowest BCUT2D eigenvalue weighted by Gasteiger charge is -2.35. The van der Waals surface area contributed by atoms with Crippen LogP contribution in [0.15, 0.2) is 66.2 Å². The number of carbonyl (C=O) groups is 1. The molecule has 0 saturated heterocycles. The van der Waals surface area contributed by atoms with Crippen molar-refractivity contribution in [1.82, 2.24) is 29.4 Å². The summed E-state index contributed by atoms with van der Waals surface area (Å²) in [5, 5.41) is 0.500. The van der Waals surface area contributed by atoms with Crippen molar-refractivity contribution < 1.29 is 4.79 Å². The maximum Gasteiger partial charge on any atom is 0.261 e. The first-order valence-electron chi connectivity index (χ1n) is 9.38. The number of fused-ring (bicyclic) bond motifs is 2. The van der Waals surface area contributed by atoms with Gasteiger partial charge in [0.2, 0.25) is 5.91 Å². The van der Waals surface area contributed by atoms with Gasteiger partial charge in [-0.15, -0.1) is 0 Å². The van der Waals surface area contributed by atoms with Crippen LogP contribution in [0, 0.1) is 0 Å². The highest BCUT2D eigenvalue weighted by molar-refractivity contribution is 5.79. The molecule has 8 heteroatoms. The van der Waals surface area contributed by atoms with Crippen molar-refractivity contribution in [3.8, 4) is 0 Å². The van der Waals surface area contributed by atoms with Gasteiger partial charge in [-0.25, -0.2) is 9.97 Å². The molecule has 1 amide bonds. The van der Waals surface area contributed by atoms with Crippen LogP contribution in [0.2, 0.25) is 0 Å². The monoisotopic (exact) mass is 386 g/mol. The second-order valence-electron chi connectivity index (χ2n) is 6.99. The van der Waals surface area contributed by atoms with Gasteiger partial charge in [-0.1, -0.05) is 18.2 Å². The Hall–Kier alpha value is -3.81. The SMILES string of the molecule is O=C(Cn1cnc2ccccc2c1=O)N1CCc2[nH]cnc2[C@@H]1c1cccnc1. The number of benzene rings is 1. The zero-order chi connectivity index (χ0) is 19.8. The van der Waals surface area contributed by atoms with E-state index in [1.54, 1.807) is 41.8 Å². The van der Waals surface area contributed by atoms with Gasteiger partial charge in [-0.05, 0) is 23.8 Å². The maximum absolute atomic E-state index is 13.3. The van der Waals surface area contributed by atoms with Gasteiger partial charge in [0.25, 0.3) is 5.56 Å². The molecule has 1 aliphatic rings. The summed E-state index contributed by atoms with van der Waals surface area (Å²) in [6.07, 6.45) is 7.22. The van der Waals surface area contributed by atoms with E-state index in [0.717, 1.165) is 17.0 Å². The smallest absolute Gasteiger partial charge is 0.261 e. The van der Waals surface area contributed by atoms with Crippen LogP contribution in [0.3, 0.4) is 0 Å². The predicted molar refractivity (Wildman–Crippen MR) is 106 cm³/mol. The number of hydrogen-bond acceptors (Lipinski definition) is 5. The Morgan fingerprint density at radius 2 is 2.07 bits per heavy atom. The van der Waals surface area contributed by atoms with Crippen molar-refractivity contribution in [2.75, 3.05) is 6.54 Å². The molecular formula is C21H18N6O2. The van der Waals surface area contributed by atoms with Crippen LogP contribution in [0.4, 0.5) is 0 Å². The number of para-hydroxylation sites is 1. The molecule has 4 aromatic rings. The summed E-state index contributed by atoms with van der Waals surface area (Å²) in [7, 11) is 0. The van der Waals surface area contributed by atoms with Gasteiger partial charge in [0, 0.05) is 31.1 Å². The number of aromatic amines is 1. The summed E-state index contributed by atoms with van der Waals surface area (Å²) < 4.78 is 1.37. The number of H-pyrrole nitrogens is 1. The van der Waals surface area contributed by atoms with E-state index in [4.69, 9.17) is 0 Å². The highest BCUT2D eigenvalue weighted by Crippen LogP contribution is 2.33. The number of rotatable bonds is 3. The lowest BCUT2D eigenvalue weighted by Crippen LogP contribution is -2.43. The number of imidazole rings is 1. The molecule has 0 unspecified atom stereocenters. The topological polar surface area (TPSA) is 96.8 Å². The molecule has 0 radical (unpaired) electrons. The summed E-state index contributed by atoms with van der Waals surface area (Å²) >= 11 is 0. The van der Waals surface area contributed by atoms with E-state index < -0.39 is 0 Å². The molecule has 1 aromatic carbocycles. The van der Waals surface area contributed by atoms with E-state index in [9.17, 15) is 9.59 Å². The van der Waals surface area contributed by atoms with Crippen LogP contribution in [-0.2, 0) is 17.8 Å². The first-order chi connectivity index (χ1) is 14.2. The molecular weight excluding hydrogens is 368 g/mol. The molecule has 5 rings (SSSR count). The number of amides is 1. The summed E-state index contributed by atoms with van der Waals surface area (Å²) in [6, 6.07) is 10.6. The average molecular weight is 386 g/mol. The van der Waals surface area contributed by atoms with Crippen molar-refractivity contribution in [3.63, 3.8) is 0 Å². The number of carbonyl (C=O) groups excluding carboxylic acids is 1. The van der Waals surface area contributed by atoms with Crippen molar-refractivity contribution in [2.24, 2.45) is 0 Å². The third kappa shape index (κ3) is 2.98. The highest BCUT2D eigenvalue weighted by Gasteiger charge is 2.34. The van der Waals surface area contributed by atoms with Crippen LogP contribution in [-0.4, -0.2) is 41.9 Å². The Kier molecular flexibility index (Phi) is 4.16. The minimum Gasteiger partial charge on any atom is -0.348 e. The summed E-state index contributed by atoms with van der Waals surface area (Å²) in [5.74, 6) is -0.160. The number of hydrogen-bond donors (Lipinski definition) is 1. The Morgan fingerprint density at radius 1 is 1.17 bits per heavy atom. The van der Waals surface area contributed by atoms with Gasteiger partial charge in [0.05, 0.1) is 29.3 Å². The molecule has 1 atom stereocenters. The number of nitrogens with zero attached hydrogens (tertiary/aromatic N) is 5. The molecule has 0 aliphatic carbocycles. The first kappa shape index (κ1) is 17.3. The lowest BCUT2D eigenvalue weighted by atomic mass is 9.96. The molecule has 1 aliphatic heterocycles. The van der Waals surface area contributed by atoms with Crippen LogP contribution in [0.5, 0.6) is 0 Å². The van der Waals surface area contributed by atoms with Gasteiger partial charge < -0.3 is 9.88 Å². The van der Waals surface area contributed by atoms with Crippen LogP contribution >= 0.6 is 0 Å². The molecule has 0 fully saturated rings. The summed E-state index contributed by atoms with van der Waals surface area (Å²) in [6.45, 7) is 0.455. The molecule has 0 bridgehead atoms. The molecule has 0 saturated carbocycles. The molecule has 29 heavy (non-hydrogen) atoms. The van der Waals surface area contributed by atoms with Crippen molar-refractivity contribution in [3.05, 3.63) is 88.8 Å². The van der Waals surface area contributed by atoms with Crippen LogP contribution < -0.4 is 5.56 Å². The largest absolute Gasteiger partial charge is 0.348 e. The molecule has 144 valence electrons. The van der Waals surface area contributed by atoms with E-state index in [-0.39, 0.29) is 24.1 Å². The molecule has 1 N–H and O–H groups in total. The Bertz CT molecular complexity index is 1250. The Balaban J connectivity index is 1.50. The highest BCUT2D eigenvalue weighted by atomic mass is 16.2. The van der Waals surface area contributed by atoms with Crippen molar-refractivity contribution in [1.29, 1.82) is 0 Å². The van der Waals surface area contributed by atoms with E-state index in [0.29, 0.717) is 23.9 Å². The van der Waals surface area contributed by atoms with E-state index >= 15 is 0 Å². The minimum absolute atomic E-state index is 0.0762. The third-order valence-electron chi connectivity index (χ3n) is 5.28. The van der Waals surface area contributed by atoms with E-state index in [1.807, 2.05) is 18.2 Å². The van der Waals surface area contributed by atoms with E-state index in [2.05, 4.69) is 19.9 Å². The number of nitrogens with one attached hydrogen (secondary N) is 1. The summed E-state index contributed by atoms with van der Waals surface area (Å²) in [4.78, 5) is 43.9. The molecule has 8 nitrogen and oxygen atoms in total. The normalized spacial score (nSPS) is 16.0. The fraction of sp³-hybridized carbons (Fsp3) is 0.190. The molecule has 3 aromatic heterocycles. The number of aromatic nitrogens is 5. The molecule has 4 heterocycles. The van der Waals surface area contributed by atoms with E-state index in [1.165, 1.54) is 10.9 Å². The predicted octanol–water partition coefficient (Wildman–Crippen LogP) is 1.69. The van der Waals surface area contributed by atoms with Crippen molar-refractivity contribution in [2.45, 2.75) is 19.0 Å². The fourth-order valence-electron chi connectivity index (χ4n) is 3.88. The maximum atomic E-state index is 13.3. The quantitative estimate of drug-likeness (QED) is 0.578. The van der Waals surface area contributed by atoms with Gasteiger partial charge in [0.1, 0.15) is 12.6 Å². The zero-order valence-corrected chi connectivity index (χ0v) is 15.5. The standard InChI is InChI=1S/C21H18N6O2/c28-18(11-26-13-25-16-6-2-1-5-15(16)21(26)29)27-9-7-17-19(24-12-23-17)20(27)14-4-3-8-22-10-14/h1-6,8,10,12-13,20H,7,9,11H2,(H,23,24)/t20-/m0/s1. The number of pyridine rings is 1. The van der Waals surface area contributed by atoms with Crippen LogP contribution in [0.25, 0.3) is 10.9 Å². The van der Waals surface area contributed by atoms with Gasteiger partial charge >= 0.3 is 0 Å². The Labute approximate surface area is 165 Å². The van der Waals surface area contributed by atoms with Crippen LogP contribution in [0.1, 0.15) is 23.0 Å². The minimum atomic E-state index is -0.338. The second kappa shape index (κ2) is 6.97. The first-order valence-corrected chi connectivity index (χ1v) is 9.38. The van der Waals surface area contributed by atoms with Crippen molar-refractivity contribution >= 4 is 16.8 Å². The second-order valence-corrected chi connectivity index (χ2v) is 6.99. The average Bonchev–Trinajstić information content (AvgIpc) is 3.24. The fourth-order valence-corrected chi connectivity index (χ4v) is 3.88. The van der Waals surface area contributed by atoms with Gasteiger partial charge in [0.15, 0.2) is 0 Å².